The molecular weight excluding hydrogens is 120 g/mol. The SMILES string of the molecule is C=C1CC2=C(CC=C2)C1=C. The molecule has 2 rings (SSSR count). The minimum absolute atomic E-state index is 1.03. The smallest absolute Gasteiger partial charge is 0.00229 e. The summed E-state index contributed by atoms with van der Waals surface area (Å²) >= 11 is 0. The average molecular weight is 130 g/mol. The van der Waals surface area contributed by atoms with Gasteiger partial charge in [0.1, 0.15) is 0 Å². The molecule has 0 aromatic heterocycles. The van der Waals surface area contributed by atoms with Crippen LogP contribution in [0.3, 0.4) is 0 Å². The molecule has 0 fully saturated rings. The molecule has 0 radical (unpaired) electrons. The van der Waals surface area contributed by atoms with Gasteiger partial charge < -0.3 is 0 Å². The van der Waals surface area contributed by atoms with E-state index in [0.717, 1.165) is 12.8 Å². The van der Waals surface area contributed by atoms with Crippen LogP contribution in [0.4, 0.5) is 0 Å². The first-order valence-electron chi connectivity index (χ1n) is 3.55. The molecule has 0 nitrogen and oxygen atoms in total. The van der Waals surface area contributed by atoms with Gasteiger partial charge in [0.2, 0.25) is 0 Å². The molecule has 0 saturated heterocycles. The Labute approximate surface area is 61.3 Å². The topological polar surface area (TPSA) is 0 Å². The van der Waals surface area contributed by atoms with Gasteiger partial charge in [-0.15, -0.1) is 0 Å². The Bertz CT molecular complexity index is 274. The summed E-state index contributed by atoms with van der Waals surface area (Å²) < 4.78 is 0. The molecule has 0 heteroatoms. The van der Waals surface area contributed by atoms with E-state index in [9.17, 15) is 0 Å². The molecule has 0 aromatic carbocycles. The summed E-state index contributed by atoms with van der Waals surface area (Å²) in [7, 11) is 0. The lowest BCUT2D eigenvalue weighted by Gasteiger charge is -1.98. The van der Waals surface area contributed by atoms with E-state index in [1.165, 1.54) is 22.3 Å². The predicted octanol–water partition coefficient (Wildman–Crippen LogP) is 2.76. The highest BCUT2D eigenvalue weighted by Crippen LogP contribution is 2.39. The molecule has 0 bridgehead atoms. The predicted molar refractivity (Wildman–Crippen MR) is 43.7 cm³/mol. The van der Waals surface area contributed by atoms with Crippen LogP contribution < -0.4 is 0 Å². The van der Waals surface area contributed by atoms with Crippen LogP contribution in [0, 0.1) is 0 Å². The van der Waals surface area contributed by atoms with Gasteiger partial charge in [0, 0.05) is 0 Å². The van der Waals surface area contributed by atoms with Crippen molar-refractivity contribution in [1.29, 1.82) is 0 Å². The first-order valence-corrected chi connectivity index (χ1v) is 3.55. The summed E-state index contributed by atoms with van der Waals surface area (Å²) in [5.41, 5.74) is 5.24. The van der Waals surface area contributed by atoms with E-state index >= 15 is 0 Å². The molecule has 50 valence electrons. The second-order valence-corrected chi connectivity index (χ2v) is 2.87. The van der Waals surface area contributed by atoms with Gasteiger partial charge >= 0.3 is 0 Å². The molecule has 0 unspecified atom stereocenters. The molecule has 0 saturated carbocycles. The minimum atomic E-state index is 1.03. The van der Waals surface area contributed by atoms with Gasteiger partial charge in [0.25, 0.3) is 0 Å². The lowest BCUT2D eigenvalue weighted by Crippen LogP contribution is -1.79. The largest absolute Gasteiger partial charge is 0.0949 e. The Balaban J connectivity index is 2.45. The monoisotopic (exact) mass is 130 g/mol. The standard InChI is InChI=1S/C10H10/c1-7-6-9-4-3-5-10(9)8(7)2/h3-4H,1-2,5-6H2. The summed E-state index contributed by atoms with van der Waals surface area (Å²) in [6.45, 7) is 7.92. The van der Waals surface area contributed by atoms with E-state index in [2.05, 4.69) is 25.3 Å². The van der Waals surface area contributed by atoms with Crippen molar-refractivity contribution in [2.24, 2.45) is 0 Å². The fourth-order valence-corrected chi connectivity index (χ4v) is 1.58. The maximum atomic E-state index is 3.98. The highest BCUT2D eigenvalue weighted by Gasteiger charge is 2.21. The average Bonchev–Trinajstić information content (AvgIpc) is 2.41. The molecule has 0 spiro atoms. The van der Waals surface area contributed by atoms with Crippen LogP contribution >= 0.6 is 0 Å². The zero-order valence-electron chi connectivity index (χ0n) is 5.98. The Morgan fingerprint density at radius 2 is 2.10 bits per heavy atom. The van der Waals surface area contributed by atoms with Gasteiger partial charge in [-0.25, -0.2) is 0 Å². The van der Waals surface area contributed by atoms with Crippen molar-refractivity contribution in [3.05, 3.63) is 47.6 Å². The van der Waals surface area contributed by atoms with Crippen molar-refractivity contribution >= 4 is 0 Å². The molecule has 0 aromatic rings. The number of hydrogen-bond acceptors (Lipinski definition) is 0. The molecule has 0 aliphatic heterocycles. The lowest BCUT2D eigenvalue weighted by atomic mass is 10.1. The lowest BCUT2D eigenvalue weighted by molar-refractivity contribution is 1.26. The Morgan fingerprint density at radius 3 is 2.80 bits per heavy atom. The number of rotatable bonds is 0. The van der Waals surface area contributed by atoms with E-state index in [1.807, 2.05) is 0 Å². The molecule has 0 N–H and O–H groups in total. The van der Waals surface area contributed by atoms with Crippen LogP contribution in [0.25, 0.3) is 0 Å². The highest BCUT2D eigenvalue weighted by molar-refractivity contribution is 5.60. The van der Waals surface area contributed by atoms with E-state index < -0.39 is 0 Å². The number of hydrogen-bond donors (Lipinski definition) is 0. The quantitative estimate of drug-likeness (QED) is 0.473. The van der Waals surface area contributed by atoms with Crippen LogP contribution in [-0.4, -0.2) is 0 Å². The first-order chi connectivity index (χ1) is 4.79. The summed E-state index contributed by atoms with van der Waals surface area (Å²) in [5, 5.41) is 0. The van der Waals surface area contributed by atoms with Crippen molar-refractivity contribution in [2.45, 2.75) is 12.8 Å². The summed E-state index contributed by atoms with van der Waals surface area (Å²) in [6.07, 6.45) is 6.50. The molecule has 2 aliphatic carbocycles. The second kappa shape index (κ2) is 1.72. The zero-order valence-corrected chi connectivity index (χ0v) is 5.98. The van der Waals surface area contributed by atoms with Gasteiger partial charge in [-0.3, -0.25) is 0 Å². The van der Waals surface area contributed by atoms with E-state index in [1.54, 1.807) is 0 Å². The highest BCUT2D eigenvalue weighted by atomic mass is 14.3. The minimum Gasteiger partial charge on any atom is -0.0949 e. The summed E-state index contributed by atoms with van der Waals surface area (Å²) in [6, 6.07) is 0. The Kier molecular flexibility index (Phi) is 0.986. The Hall–Kier alpha value is -1.04. The maximum Gasteiger partial charge on any atom is -0.00229 e. The van der Waals surface area contributed by atoms with E-state index in [4.69, 9.17) is 0 Å². The van der Waals surface area contributed by atoms with Crippen LogP contribution in [0.15, 0.2) is 47.6 Å². The van der Waals surface area contributed by atoms with Crippen molar-refractivity contribution in [3.63, 3.8) is 0 Å². The molecule has 0 atom stereocenters. The van der Waals surface area contributed by atoms with Crippen molar-refractivity contribution in [2.75, 3.05) is 0 Å². The van der Waals surface area contributed by atoms with Gasteiger partial charge in [-0.2, -0.15) is 0 Å². The maximum absolute atomic E-state index is 3.98. The summed E-state index contributed by atoms with van der Waals surface area (Å²) in [5.74, 6) is 0. The fraction of sp³-hybridized carbons (Fsp3) is 0.200. The van der Waals surface area contributed by atoms with Gasteiger partial charge in [-0.05, 0) is 35.1 Å². The zero-order chi connectivity index (χ0) is 7.14. The number of allylic oxidation sites excluding steroid dienone is 6. The summed E-state index contributed by atoms with van der Waals surface area (Å²) in [4.78, 5) is 0. The molecule has 2 aliphatic rings. The third-order valence-corrected chi connectivity index (χ3v) is 2.22. The van der Waals surface area contributed by atoms with Gasteiger partial charge in [0.15, 0.2) is 0 Å². The molecular formula is C10H10. The third-order valence-electron chi connectivity index (χ3n) is 2.22. The second-order valence-electron chi connectivity index (χ2n) is 2.87. The third kappa shape index (κ3) is 0.563. The molecule has 10 heavy (non-hydrogen) atoms. The van der Waals surface area contributed by atoms with E-state index in [-0.39, 0.29) is 0 Å². The van der Waals surface area contributed by atoms with Crippen LogP contribution in [0.2, 0.25) is 0 Å². The van der Waals surface area contributed by atoms with Gasteiger partial charge in [0.05, 0.1) is 0 Å². The van der Waals surface area contributed by atoms with E-state index in [0.29, 0.717) is 0 Å². The molecule has 0 heterocycles. The fourth-order valence-electron chi connectivity index (χ4n) is 1.58. The van der Waals surface area contributed by atoms with Crippen molar-refractivity contribution in [3.8, 4) is 0 Å². The molecule has 0 amide bonds. The van der Waals surface area contributed by atoms with Crippen molar-refractivity contribution < 1.29 is 0 Å². The van der Waals surface area contributed by atoms with Crippen LogP contribution in [0.1, 0.15) is 12.8 Å². The van der Waals surface area contributed by atoms with Crippen molar-refractivity contribution in [1.82, 2.24) is 0 Å². The Morgan fingerprint density at radius 1 is 1.30 bits per heavy atom. The normalized spacial score (nSPS) is 22.8. The first kappa shape index (κ1) is 5.72. The van der Waals surface area contributed by atoms with Crippen LogP contribution in [-0.2, 0) is 0 Å². The van der Waals surface area contributed by atoms with Gasteiger partial charge in [-0.1, -0.05) is 25.3 Å². The van der Waals surface area contributed by atoms with Crippen LogP contribution in [0.5, 0.6) is 0 Å².